The number of amides is 1. The van der Waals surface area contributed by atoms with Crippen molar-refractivity contribution < 1.29 is 14.7 Å². The molecule has 0 bridgehead atoms. The van der Waals surface area contributed by atoms with E-state index in [1.807, 2.05) is 6.92 Å². The number of carboxylic acids is 1. The Morgan fingerprint density at radius 2 is 2.05 bits per heavy atom. The highest BCUT2D eigenvalue weighted by atomic mass is 35.5. The zero-order valence-electron chi connectivity index (χ0n) is 10.5. The highest BCUT2D eigenvalue weighted by Gasteiger charge is 2.37. The molecule has 1 aromatic rings. The number of anilines is 1. The van der Waals surface area contributed by atoms with Crippen molar-refractivity contribution in [2.24, 2.45) is 11.8 Å². The predicted octanol–water partition coefficient (Wildman–Crippen LogP) is 1.71. The molecule has 2 unspecified atom stereocenters. The second-order valence-corrected chi connectivity index (χ2v) is 5.34. The van der Waals surface area contributed by atoms with Gasteiger partial charge in [-0.25, -0.2) is 0 Å². The van der Waals surface area contributed by atoms with Crippen LogP contribution >= 0.6 is 11.6 Å². The van der Waals surface area contributed by atoms with Crippen LogP contribution < -0.4 is 5.73 Å². The van der Waals surface area contributed by atoms with Crippen LogP contribution in [0.5, 0.6) is 0 Å². The summed E-state index contributed by atoms with van der Waals surface area (Å²) >= 11 is 5.86. The minimum absolute atomic E-state index is 0.0574. The molecule has 1 aliphatic rings. The number of rotatable bonds is 2. The molecular weight excluding hydrogens is 268 g/mol. The molecule has 1 aromatic carbocycles. The standard InChI is InChI=1S/C13H15ClN2O3/c1-7-5-16(6-11(7)13(18)19)12(17)8-2-9(14)4-10(15)3-8/h2-4,7,11H,5-6,15H2,1H3,(H,18,19). The molecule has 0 spiro atoms. The summed E-state index contributed by atoms with van der Waals surface area (Å²) in [4.78, 5) is 24.9. The molecule has 0 aliphatic carbocycles. The fraction of sp³-hybridized carbons (Fsp3) is 0.385. The molecule has 1 saturated heterocycles. The van der Waals surface area contributed by atoms with Crippen LogP contribution in [0.15, 0.2) is 18.2 Å². The summed E-state index contributed by atoms with van der Waals surface area (Å²) in [7, 11) is 0. The molecule has 19 heavy (non-hydrogen) atoms. The molecule has 0 saturated carbocycles. The average molecular weight is 283 g/mol. The predicted molar refractivity (Wildman–Crippen MR) is 72.1 cm³/mol. The molecule has 0 radical (unpaired) electrons. The number of nitrogen functional groups attached to an aromatic ring is 1. The van der Waals surface area contributed by atoms with Crippen LogP contribution in [0.1, 0.15) is 17.3 Å². The molecule has 5 nitrogen and oxygen atoms in total. The van der Waals surface area contributed by atoms with Gasteiger partial charge in [-0.1, -0.05) is 18.5 Å². The Bertz CT molecular complexity index is 512. The van der Waals surface area contributed by atoms with E-state index in [9.17, 15) is 9.59 Å². The second-order valence-electron chi connectivity index (χ2n) is 4.91. The molecule has 1 amide bonds. The van der Waals surface area contributed by atoms with Gasteiger partial charge in [0.1, 0.15) is 0 Å². The fourth-order valence-electron chi connectivity index (χ4n) is 2.37. The molecule has 1 heterocycles. The van der Waals surface area contributed by atoms with Gasteiger partial charge in [0.15, 0.2) is 0 Å². The fourth-order valence-corrected chi connectivity index (χ4v) is 2.62. The van der Waals surface area contributed by atoms with Gasteiger partial charge < -0.3 is 15.7 Å². The number of nitrogens with two attached hydrogens (primary N) is 1. The van der Waals surface area contributed by atoms with E-state index >= 15 is 0 Å². The summed E-state index contributed by atoms with van der Waals surface area (Å²) in [5.74, 6) is -1.67. The first kappa shape index (κ1) is 13.7. The van der Waals surface area contributed by atoms with Crippen molar-refractivity contribution in [3.63, 3.8) is 0 Å². The Kier molecular flexibility index (Phi) is 3.66. The van der Waals surface area contributed by atoms with E-state index in [2.05, 4.69) is 0 Å². The van der Waals surface area contributed by atoms with Gasteiger partial charge in [-0.15, -0.1) is 0 Å². The van der Waals surface area contributed by atoms with Gasteiger partial charge in [0.25, 0.3) is 5.91 Å². The summed E-state index contributed by atoms with van der Waals surface area (Å²) in [5.41, 5.74) is 6.46. The number of carboxylic acid groups (broad SMARTS) is 1. The first-order valence-electron chi connectivity index (χ1n) is 5.96. The smallest absolute Gasteiger partial charge is 0.308 e. The lowest BCUT2D eigenvalue weighted by Crippen LogP contribution is -2.30. The van der Waals surface area contributed by atoms with Crippen LogP contribution in [0.25, 0.3) is 0 Å². The van der Waals surface area contributed by atoms with E-state index in [1.54, 1.807) is 18.2 Å². The summed E-state index contributed by atoms with van der Waals surface area (Å²) in [6, 6.07) is 4.65. The van der Waals surface area contributed by atoms with E-state index in [1.165, 1.54) is 4.90 Å². The molecule has 3 N–H and O–H groups in total. The first-order valence-corrected chi connectivity index (χ1v) is 6.34. The van der Waals surface area contributed by atoms with Crippen molar-refractivity contribution >= 4 is 29.2 Å². The van der Waals surface area contributed by atoms with Gasteiger partial charge in [-0.05, 0) is 24.1 Å². The SMILES string of the molecule is CC1CN(C(=O)c2cc(N)cc(Cl)c2)CC1C(=O)O. The van der Waals surface area contributed by atoms with Crippen molar-refractivity contribution in [1.82, 2.24) is 4.90 Å². The van der Waals surface area contributed by atoms with Crippen LogP contribution in [0.4, 0.5) is 5.69 Å². The summed E-state index contributed by atoms with van der Waals surface area (Å²) in [6.07, 6.45) is 0. The quantitative estimate of drug-likeness (QED) is 0.809. The monoisotopic (exact) mass is 282 g/mol. The van der Waals surface area contributed by atoms with Gasteiger partial charge in [0, 0.05) is 29.4 Å². The van der Waals surface area contributed by atoms with E-state index in [-0.39, 0.29) is 18.4 Å². The third-order valence-electron chi connectivity index (χ3n) is 3.38. The van der Waals surface area contributed by atoms with Gasteiger partial charge in [0.2, 0.25) is 0 Å². The molecule has 0 aromatic heterocycles. The first-order chi connectivity index (χ1) is 8.88. The Balaban J connectivity index is 2.19. The molecular formula is C13H15ClN2O3. The van der Waals surface area contributed by atoms with Crippen molar-refractivity contribution in [2.75, 3.05) is 18.8 Å². The highest BCUT2D eigenvalue weighted by Crippen LogP contribution is 2.26. The van der Waals surface area contributed by atoms with E-state index in [4.69, 9.17) is 22.4 Å². The molecule has 102 valence electrons. The third-order valence-corrected chi connectivity index (χ3v) is 3.60. The third kappa shape index (κ3) is 2.81. The number of nitrogens with zero attached hydrogens (tertiary/aromatic N) is 1. The zero-order chi connectivity index (χ0) is 14.2. The van der Waals surface area contributed by atoms with Crippen LogP contribution in [-0.4, -0.2) is 35.0 Å². The van der Waals surface area contributed by atoms with Gasteiger partial charge >= 0.3 is 5.97 Å². The van der Waals surface area contributed by atoms with Crippen molar-refractivity contribution in [3.8, 4) is 0 Å². The maximum Gasteiger partial charge on any atom is 0.308 e. The second kappa shape index (κ2) is 5.09. The summed E-state index contributed by atoms with van der Waals surface area (Å²) in [6.45, 7) is 2.49. The minimum atomic E-state index is -0.867. The van der Waals surface area contributed by atoms with Crippen LogP contribution in [0.3, 0.4) is 0 Å². The topological polar surface area (TPSA) is 83.6 Å². The van der Waals surface area contributed by atoms with Crippen molar-refractivity contribution in [2.45, 2.75) is 6.92 Å². The lowest BCUT2D eigenvalue weighted by molar-refractivity contribution is -0.142. The van der Waals surface area contributed by atoms with E-state index in [0.29, 0.717) is 22.8 Å². The number of carbonyl (C=O) groups is 2. The summed E-state index contributed by atoms with van der Waals surface area (Å²) < 4.78 is 0. The van der Waals surface area contributed by atoms with Gasteiger partial charge in [-0.2, -0.15) is 0 Å². The van der Waals surface area contributed by atoms with Crippen molar-refractivity contribution in [1.29, 1.82) is 0 Å². The average Bonchev–Trinajstić information content (AvgIpc) is 2.69. The lowest BCUT2D eigenvalue weighted by atomic mass is 9.99. The van der Waals surface area contributed by atoms with E-state index < -0.39 is 11.9 Å². The Morgan fingerprint density at radius 3 is 2.58 bits per heavy atom. The number of benzene rings is 1. The molecule has 2 rings (SSSR count). The minimum Gasteiger partial charge on any atom is -0.481 e. The van der Waals surface area contributed by atoms with Gasteiger partial charge in [0.05, 0.1) is 5.92 Å². The molecule has 1 aliphatic heterocycles. The number of aliphatic carboxylic acids is 1. The number of carbonyl (C=O) groups excluding carboxylic acids is 1. The normalized spacial score (nSPS) is 22.5. The lowest BCUT2D eigenvalue weighted by Gasteiger charge is -2.16. The van der Waals surface area contributed by atoms with Crippen LogP contribution in [0.2, 0.25) is 5.02 Å². The number of halogens is 1. The van der Waals surface area contributed by atoms with Crippen molar-refractivity contribution in [3.05, 3.63) is 28.8 Å². The Hall–Kier alpha value is -1.75. The number of hydrogen-bond acceptors (Lipinski definition) is 3. The maximum atomic E-state index is 12.3. The molecule has 6 heteroatoms. The van der Waals surface area contributed by atoms with Gasteiger partial charge in [-0.3, -0.25) is 9.59 Å². The largest absolute Gasteiger partial charge is 0.481 e. The Morgan fingerprint density at radius 1 is 1.37 bits per heavy atom. The number of hydrogen-bond donors (Lipinski definition) is 2. The van der Waals surface area contributed by atoms with Crippen LogP contribution in [-0.2, 0) is 4.79 Å². The molecule has 1 fully saturated rings. The zero-order valence-corrected chi connectivity index (χ0v) is 11.2. The Labute approximate surface area is 116 Å². The highest BCUT2D eigenvalue weighted by molar-refractivity contribution is 6.31. The number of likely N-dealkylation sites (tertiary alicyclic amines) is 1. The molecule has 2 atom stereocenters. The van der Waals surface area contributed by atoms with Crippen LogP contribution in [0, 0.1) is 11.8 Å². The maximum absolute atomic E-state index is 12.3. The van der Waals surface area contributed by atoms with E-state index in [0.717, 1.165) is 0 Å². The summed E-state index contributed by atoms with van der Waals surface area (Å²) in [5, 5.41) is 9.46.